The number of hydrogen-bond donors (Lipinski definition) is 1. The number of fused-ring (bicyclic) bond motifs is 1. The van der Waals surface area contributed by atoms with Gasteiger partial charge in [-0.25, -0.2) is 9.67 Å². The second-order valence-corrected chi connectivity index (χ2v) is 7.43. The number of carbonyl (C=O) groups is 1. The molecule has 2 aromatic carbocycles. The molecule has 1 N–H and O–H groups in total. The van der Waals surface area contributed by atoms with Crippen LogP contribution in [-0.4, -0.2) is 31.8 Å². The highest BCUT2D eigenvalue weighted by Gasteiger charge is 2.14. The third-order valence-corrected chi connectivity index (χ3v) is 5.25. The van der Waals surface area contributed by atoms with E-state index in [1.165, 1.54) is 11.8 Å². The Hall–Kier alpha value is -3.74. The zero-order chi connectivity index (χ0) is 21.6. The van der Waals surface area contributed by atoms with E-state index in [-0.39, 0.29) is 24.4 Å². The molecule has 0 radical (unpaired) electrons. The quantitative estimate of drug-likeness (QED) is 0.449. The van der Waals surface area contributed by atoms with Gasteiger partial charge in [0.2, 0.25) is 5.91 Å². The van der Waals surface area contributed by atoms with E-state index in [0.717, 1.165) is 18.5 Å². The van der Waals surface area contributed by atoms with Gasteiger partial charge in [-0.15, -0.1) is 0 Å². The summed E-state index contributed by atoms with van der Waals surface area (Å²) in [6, 6.07) is 19.8. The molecular formula is C24H25N5O2. The number of aromatic nitrogens is 4. The molecule has 1 amide bonds. The van der Waals surface area contributed by atoms with Gasteiger partial charge in [-0.05, 0) is 37.5 Å². The van der Waals surface area contributed by atoms with Gasteiger partial charge in [0.25, 0.3) is 5.56 Å². The summed E-state index contributed by atoms with van der Waals surface area (Å²) in [6.07, 6.45) is 3.57. The summed E-state index contributed by atoms with van der Waals surface area (Å²) in [5, 5.41) is 7.72. The van der Waals surface area contributed by atoms with Gasteiger partial charge in [0, 0.05) is 19.5 Å². The maximum atomic E-state index is 13.0. The average Bonchev–Trinajstić information content (AvgIpc) is 3.22. The normalized spacial score (nSPS) is 11.0. The average molecular weight is 415 g/mol. The predicted molar refractivity (Wildman–Crippen MR) is 120 cm³/mol. The summed E-state index contributed by atoms with van der Waals surface area (Å²) in [4.78, 5) is 29.8. The van der Waals surface area contributed by atoms with E-state index in [1.807, 2.05) is 48.5 Å². The van der Waals surface area contributed by atoms with Gasteiger partial charge in [-0.2, -0.15) is 5.10 Å². The van der Waals surface area contributed by atoms with E-state index in [2.05, 4.69) is 27.5 Å². The Labute approximate surface area is 180 Å². The number of nitrogens with zero attached hydrogens (tertiary/aromatic N) is 4. The number of amides is 1. The highest BCUT2D eigenvalue weighted by atomic mass is 16.1. The summed E-state index contributed by atoms with van der Waals surface area (Å²) >= 11 is 0. The van der Waals surface area contributed by atoms with Crippen LogP contribution in [0.3, 0.4) is 0 Å². The minimum atomic E-state index is -0.179. The van der Waals surface area contributed by atoms with Crippen molar-refractivity contribution in [2.24, 2.45) is 0 Å². The van der Waals surface area contributed by atoms with Crippen LogP contribution in [0.5, 0.6) is 0 Å². The fraction of sp³-hybridized carbons (Fsp3) is 0.250. The highest BCUT2D eigenvalue weighted by Crippen LogP contribution is 2.14. The fourth-order valence-electron chi connectivity index (χ4n) is 3.59. The molecule has 2 heterocycles. The number of aryl methyl sites for hydroxylation is 2. The third-order valence-electron chi connectivity index (χ3n) is 5.25. The molecule has 4 aromatic rings. The van der Waals surface area contributed by atoms with Crippen molar-refractivity contribution in [3.05, 3.63) is 88.6 Å². The molecule has 4 rings (SSSR count). The molecule has 0 aliphatic rings. The first-order valence-electron chi connectivity index (χ1n) is 10.4. The van der Waals surface area contributed by atoms with E-state index in [4.69, 9.17) is 0 Å². The fourth-order valence-corrected chi connectivity index (χ4v) is 3.59. The van der Waals surface area contributed by atoms with Crippen molar-refractivity contribution in [3.63, 3.8) is 0 Å². The Morgan fingerprint density at radius 1 is 1.03 bits per heavy atom. The van der Waals surface area contributed by atoms with Crippen molar-refractivity contribution in [1.29, 1.82) is 0 Å². The predicted octanol–water partition coefficient (Wildman–Crippen LogP) is 3.03. The number of rotatable bonds is 8. The molecular weight excluding hydrogens is 390 g/mol. The van der Waals surface area contributed by atoms with Crippen LogP contribution in [0.25, 0.3) is 16.7 Å². The second-order valence-electron chi connectivity index (χ2n) is 7.43. The largest absolute Gasteiger partial charge is 0.356 e. The van der Waals surface area contributed by atoms with Crippen molar-refractivity contribution < 1.29 is 4.79 Å². The summed E-state index contributed by atoms with van der Waals surface area (Å²) in [6.45, 7) is 2.68. The SMILES string of the molecule is Cc1nc2c(cnn2-c2ccccc2)c(=O)n1CCC(=O)NCCCc1ccccc1. The van der Waals surface area contributed by atoms with Crippen LogP contribution >= 0.6 is 0 Å². The topological polar surface area (TPSA) is 81.8 Å². The highest BCUT2D eigenvalue weighted by molar-refractivity contribution is 5.76. The van der Waals surface area contributed by atoms with Gasteiger partial charge in [-0.3, -0.25) is 14.2 Å². The van der Waals surface area contributed by atoms with Crippen LogP contribution < -0.4 is 10.9 Å². The van der Waals surface area contributed by atoms with Crippen LogP contribution in [-0.2, 0) is 17.8 Å². The molecule has 0 aliphatic carbocycles. The zero-order valence-corrected chi connectivity index (χ0v) is 17.5. The molecule has 0 saturated heterocycles. The number of nitrogens with one attached hydrogen (secondary N) is 1. The van der Waals surface area contributed by atoms with Gasteiger partial charge >= 0.3 is 0 Å². The van der Waals surface area contributed by atoms with E-state index in [1.54, 1.807) is 16.2 Å². The van der Waals surface area contributed by atoms with Crippen molar-refractivity contribution in [2.75, 3.05) is 6.54 Å². The summed E-state index contributed by atoms with van der Waals surface area (Å²) < 4.78 is 3.20. The Kier molecular flexibility index (Phi) is 6.21. The summed E-state index contributed by atoms with van der Waals surface area (Å²) in [7, 11) is 0. The lowest BCUT2D eigenvalue weighted by Crippen LogP contribution is -2.29. The lowest BCUT2D eigenvalue weighted by Gasteiger charge is -2.10. The summed E-state index contributed by atoms with van der Waals surface area (Å²) in [5.41, 5.74) is 2.45. The third kappa shape index (κ3) is 4.71. The molecule has 0 unspecified atom stereocenters. The Bertz CT molecular complexity index is 1230. The molecule has 7 nitrogen and oxygen atoms in total. The minimum absolute atomic E-state index is 0.0700. The standard InChI is InChI=1S/C24H25N5O2/c1-18-27-23-21(17-26-29(23)20-12-6-3-7-13-20)24(31)28(18)16-14-22(30)25-15-8-11-19-9-4-2-5-10-19/h2-7,9-10,12-13,17H,8,11,14-16H2,1H3,(H,25,30). The first-order valence-corrected chi connectivity index (χ1v) is 10.4. The Balaban J connectivity index is 1.38. The van der Waals surface area contributed by atoms with Crippen molar-refractivity contribution in [1.82, 2.24) is 24.6 Å². The van der Waals surface area contributed by atoms with Crippen molar-refractivity contribution >= 4 is 16.9 Å². The first-order chi connectivity index (χ1) is 15.1. The van der Waals surface area contributed by atoms with Gasteiger partial charge in [-0.1, -0.05) is 48.5 Å². The van der Waals surface area contributed by atoms with Crippen molar-refractivity contribution in [2.45, 2.75) is 32.7 Å². The monoisotopic (exact) mass is 415 g/mol. The number of para-hydroxylation sites is 1. The van der Waals surface area contributed by atoms with Crippen molar-refractivity contribution in [3.8, 4) is 5.69 Å². The molecule has 0 atom stereocenters. The van der Waals surface area contributed by atoms with Crippen LogP contribution in [0, 0.1) is 6.92 Å². The number of carbonyl (C=O) groups excluding carboxylic acids is 1. The van der Waals surface area contributed by atoms with Crippen LogP contribution in [0.4, 0.5) is 0 Å². The minimum Gasteiger partial charge on any atom is -0.356 e. The van der Waals surface area contributed by atoms with E-state index >= 15 is 0 Å². The number of hydrogen-bond acceptors (Lipinski definition) is 4. The lowest BCUT2D eigenvalue weighted by atomic mass is 10.1. The van der Waals surface area contributed by atoms with Gasteiger partial charge in [0.15, 0.2) is 5.65 Å². The maximum Gasteiger partial charge on any atom is 0.264 e. The molecule has 158 valence electrons. The molecule has 2 aromatic heterocycles. The smallest absolute Gasteiger partial charge is 0.264 e. The van der Waals surface area contributed by atoms with Crippen LogP contribution in [0.2, 0.25) is 0 Å². The molecule has 31 heavy (non-hydrogen) atoms. The van der Waals surface area contributed by atoms with Crippen LogP contribution in [0.15, 0.2) is 71.7 Å². The Morgan fingerprint density at radius 2 is 1.74 bits per heavy atom. The maximum absolute atomic E-state index is 13.0. The summed E-state index contributed by atoms with van der Waals surface area (Å²) in [5.74, 6) is 0.492. The zero-order valence-electron chi connectivity index (χ0n) is 17.5. The van der Waals surface area contributed by atoms with Gasteiger partial charge in [0.1, 0.15) is 11.2 Å². The van der Waals surface area contributed by atoms with Crippen LogP contribution in [0.1, 0.15) is 24.2 Å². The molecule has 0 aliphatic heterocycles. The second kappa shape index (κ2) is 9.38. The lowest BCUT2D eigenvalue weighted by molar-refractivity contribution is -0.121. The molecule has 0 fully saturated rings. The molecule has 7 heteroatoms. The molecule has 0 bridgehead atoms. The Morgan fingerprint density at radius 3 is 2.48 bits per heavy atom. The first kappa shape index (κ1) is 20.5. The molecule has 0 saturated carbocycles. The molecule has 0 spiro atoms. The number of benzene rings is 2. The van der Waals surface area contributed by atoms with Gasteiger partial charge < -0.3 is 5.32 Å². The van der Waals surface area contributed by atoms with Gasteiger partial charge in [0.05, 0.1) is 11.9 Å². The van der Waals surface area contributed by atoms with E-state index in [0.29, 0.717) is 23.4 Å². The van der Waals surface area contributed by atoms with E-state index in [9.17, 15) is 9.59 Å². The van der Waals surface area contributed by atoms with E-state index < -0.39 is 0 Å².